The molecule has 1 atom stereocenters. The second kappa shape index (κ2) is 8.41. The molecule has 0 bridgehead atoms. The molecule has 1 aromatic heterocycles. The van der Waals surface area contributed by atoms with E-state index in [0.717, 1.165) is 0 Å². The van der Waals surface area contributed by atoms with Crippen LogP contribution in [0.3, 0.4) is 0 Å². The van der Waals surface area contributed by atoms with Crippen molar-refractivity contribution in [2.45, 2.75) is 6.04 Å². The first kappa shape index (κ1) is 20.9. The Morgan fingerprint density at radius 3 is 2.48 bits per heavy atom. The highest BCUT2D eigenvalue weighted by Gasteiger charge is 2.49. The van der Waals surface area contributed by atoms with E-state index in [0.29, 0.717) is 32.8 Å². The smallest absolute Gasteiger partial charge is 0.301 e. The minimum absolute atomic E-state index is 0.0639. The zero-order chi connectivity index (χ0) is 22.1. The predicted octanol–water partition coefficient (Wildman–Crippen LogP) is 4.44. The van der Waals surface area contributed by atoms with E-state index in [2.05, 4.69) is 4.98 Å². The fourth-order valence-corrected chi connectivity index (χ4v) is 4.26. The SMILES string of the molecule is COc1ccc([C@@H]2C(=C(O)c3ccc(Cl)cc3)C(=O)C(=O)N2c2nccs2)c(OC)c1. The molecule has 9 heteroatoms. The third-order valence-corrected chi connectivity index (χ3v) is 5.95. The van der Waals surface area contributed by atoms with Gasteiger partial charge in [0.2, 0.25) is 0 Å². The highest BCUT2D eigenvalue weighted by atomic mass is 35.5. The summed E-state index contributed by atoms with van der Waals surface area (Å²) in [6.07, 6.45) is 1.54. The summed E-state index contributed by atoms with van der Waals surface area (Å²) in [5.41, 5.74) is 0.804. The molecule has 0 unspecified atom stereocenters. The Hall–Kier alpha value is -3.36. The molecule has 4 rings (SSSR count). The first-order valence-corrected chi connectivity index (χ1v) is 10.4. The Bertz CT molecular complexity index is 1180. The number of halogens is 1. The van der Waals surface area contributed by atoms with Crippen LogP contribution in [0.15, 0.2) is 59.6 Å². The molecule has 31 heavy (non-hydrogen) atoms. The number of hydrogen-bond acceptors (Lipinski definition) is 7. The zero-order valence-electron chi connectivity index (χ0n) is 16.5. The van der Waals surface area contributed by atoms with Crippen LogP contribution in [-0.2, 0) is 9.59 Å². The molecule has 0 aliphatic carbocycles. The van der Waals surface area contributed by atoms with Crippen LogP contribution in [-0.4, -0.2) is 36.0 Å². The number of amides is 1. The van der Waals surface area contributed by atoms with Crippen LogP contribution in [0.2, 0.25) is 5.02 Å². The maximum absolute atomic E-state index is 13.1. The van der Waals surface area contributed by atoms with Crippen LogP contribution in [0.25, 0.3) is 5.76 Å². The van der Waals surface area contributed by atoms with Crippen molar-refractivity contribution in [2.75, 3.05) is 19.1 Å². The van der Waals surface area contributed by atoms with Gasteiger partial charge in [-0.2, -0.15) is 0 Å². The van der Waals surface area contributed by atoms with Gasteiger partial charge in [0.25, 0.3) is 5.78 Å². The third-order valence-electron chi connectivity index (χ3n) is 4.92. The molecule has 1 aliphatic heterocycles. The summed E-state index contributed by atoms with van der Waals surface area (Å²) in [5.74, 6) is -0.963. The van der Waals surface area contributed by atoms with Crippen molar-refractivity contribution in [3.05, 3.63) is 75.8 Å². The van der Waals surface area contributed by atoms with E-state index in [1.807, 2.05) is 0 Å². The normalized spacial score (nSPS) is 17.8. The number of aliphatic hydroxyl groups is 1. The van der Waals surface area contributed by atoms with E-state index in [-0.39, 0.29) is 11.3 Å². The average molecular weight is 457 g/mol. The second-order valence-corrected chi connectivity index (χ2v) is 7.91. The summed E-state index contributed by atoms with van der Waals surface area (Å²) in [4.78, 5) is 31.6. The summed E-state index contributed by atoms with van der Waals surface area (Å²) >= 11 is 7.16. The summed E-state index contributed by atoms with van der Waals surface area (Å²) in [7, 11) is 3.00. The Labute approximate surface area is 187 Å². The highest BCUT2D eigenvalue weighted by Crippen LogP contribution is 2.46. The Morgan fingerprint density at radius 2 is 1.87 bits per heavy atom. The predicted molar refractivity (Wildman–Crippen MR) is 118 cm³/mol. The zero-order valence-corrected chi connectivity index (χ0v) is 18.1. The number of aromatic nitrogens is 1. The summed E-state index contributed by atoms with van der Waals surface area (Å²) < 4.78 is 10.8. The molecule has 2 aromatic carbocycles. The number of rotatable bonds is 5. The van der Waals surface area contributed by atoms with Crippen molar-refractivity contribution in [3.8, 4) is 11.5 Å². The van der Waals surface area contributed by atoms with Gasteiger partial charge < -0.3 is 14.6 Å². The van der Waals surface area contributed by atoms with E-state index < -0.39 is 17.7 Å². The van der Waals surface area contributed by atoms with Gasteiger partial charge in [-0.05, 0) is 36.4 Å². The molecule has 1 saturated heterocycles. The Kier molecular flexibility index (Phi) is 5.67. The van der Waals surface area contributed by atoms with Crippen LogP contribution in [0, 0.1) is 0 Å². The minimum Gasteiger partial charge on any atom is -0.507 e. The van der Waals surface area contributed by atoms with Gasteiger partial charge in [-0.15, -0.1) is 11.3 Å². The van der Waals surface area contributed by atoms with E-state index in [4.69, 9.17) is 21.1 Å². The number of hydrogen-bond donors (Lipinski definition) is 1. The highest BCUT2D eigenvalue weighted by molar-refractivity contribution is 7.14. The van der Waals surface area contributed by atoms with Crippen LogP contribution < -0.4 is 14.4 Å². The van der Waals surface area contributed by atoms with Gasteiger partial charge in [-0.25, -0.2) is 4.98 Å². The monoisotopic (exact) mass is 456 g/mol. The van der Waals surface area contributed by atoms with Crippen molar-refractivity contribution < 1.29 is 24.2 Å². The quantitative estimate of drug-likeness (QED) is 0.347. The molecular weight excluding hydrogens is 440 g/mol. The lowest BCUT2D eigenvalue weighted by Crippen LogP contribution is -2.29. The topological polar surface area (TPSA) is 89.0 Å². The van der Waals surface area contributed by atoms with Gasteiger partial charge in [0.1, 0.15) is 23.3 Å². The van der Waals surface area contributed by atoms with Crippen LogP contribution in [0.5, 0.6) is 11.5 Å². The number of nitrogens with zero attached hydrogens (tertiary/aromatic N) is 2. The first-order valence-electron chi connectivity index (χ1n) is 9.14. The van der Waals surface area contributed by atoms with Crippen LogP contribution in [0.1, 0.15) is 17.2 Å². The number of ketones is 1. The van der Waals surface area contributed by atoms with E-state index in [9.17, 15) is 14.7 Å². The lowest BCUT2D eigenvalue weighted by atomic mass is 9.94. The maximum Gasteiger partial charge on any atom is 0.301 e. The maximum atomic E-state index is 13.1. The van der Waals surface area contributed by atoms with Crippen LogP contribution in [0.4, 0.5) is 5.13 Å². The van der Waals surface area contributed by atoms with Crippen molar-refractivity contribution >= 4 is 45.5 Å². The number of methoxy groups -OCH3 is 2. The summed E-state index contributed by atoms with van der Waals surface area (Å²) in [5, 5.41) is 13.6. The Balaban J connectivity index is 1.97. The fourth-order valence-electron chi connectivity index (χ4n) is 3.47. The number of ether oxygens (including phenoxy) is 2. The number of thiazole rings is 1. The number of anilines is 1. The first-order chi connectivity index (χ1) is 15.0. The minimum atomic E-state index is -0.942. The number of carbonyl (C=O) groups excluding carboxylic acids is 2. The molecule has 1 amide bonds. The molecule has 158 valence electrons. The molecule has 3 aromatic rings. The lowest BCUT2D eigenvalue weighted by Gasteiger charge is -2.24. The van der Waals surface area contributed by atoms with Gasteiger partial charge >= 0.3 is 5.91 Å². The van der Waals surface area contributed by atoms with Gasteiger partial charge in [-0.1, -0.05) is 11.6 Å². The van der Waals surface area contributed by atoms with E-state index >= 15 is 0 Å². The Morgan fingerprint density at radius 1 is 1.13 bits per heavy atom. The number of carbonyl (C=O) groups is 2. The average Bonchev–Trinajstić information content (AvgIpc) is 3.40. The molecule has 1 aliphatic rings. The van der Waals surface area contributed by atoms with Gasteiger partial charge in [0, 0.05) is 33.8 Å². The molecule has 0 radical (unpaired) electrons. The van der Waals surface area contributed by atoms with Crippen molar-refractivity contribution in [1.82, 2.24) is 4.98 Å². The number of benzene rings is 2. The number of aliphatic hydroxyl groups excluding tert-OH is 1. The third kappa shape index (κ3) is 3.64. The second-order valence-electron chi connectivity index (χ2n) is 6.60. The summed E-state index contributed by atoms with van der Waals surface area (Å²) in [6, 6.07) is 10.5. The molecule has 0 spiro atoms. The van der Waals surface area contributed by atoms with Gasteiger partial charge in [0.15, 0.2) is 5.13 Å². The largest absolute Gasteiger partial charge is 0.507 e. The van der Waals surface area contributed by atoms with Crippen molar-refractivity contribution in [3.63, 3.8) is 0 Å². The molecule has 0 saturated carbocycles. The molecule has 2 heterocycles. The lowest BCUT2D eigenvalue weighted by molar-refractivity contribution is -0.132. The van der Waals surface area contributed by atoms with E-state index in [1.165, 1.54) is 30.5 Å². The molecule has 7 nitrogen and oxygen atoms in total. The van der Waals surface area contributed by atoms with Gasteiger partial charge in [-0.3, -0.25) is 14.5 Å². The van der Waals surface area contributed by atoms with Crippen LogP contribution >= 0.6 is 22.9 Å². The van der Waals surface area contributed by atoms with E-state index in [1.54, 1.807) is 54.0 Å². The van der Waals surface area contributed by atoms with Crippen molar-refractivity contribution in [1.29, 1.82) is 0 Å². The molecule has 1 N–H and O–H groups in total. The molecular formula is C22H17ClN2O5S. The fraction of sp³-hybridized carbons (Fsp3) is 0.136. The number of Topliss-reactive ketones (excluding diaryl/α,β-unsaturated/α-hetero) is 1. The summed E-state index contributed by atoms with van der Waals surface area (Å²) in [6.45, 7) is 0. The standard InChI is InChI=1S/C22H17ClN2O5S/c1-29-14-7-8-15(16(11-14)30-2)18-17(19(26)12-3-5-13(23)6-4-12)20(27)21(28)25(18)22-24-9-10-31-22/h3-11,18,26H,1-2H3/t18-/m1/s1. The molecule has 1 fully saturated rings. The van der Waals surface area contributed by atoms with Crippen molar-refractivity contribution in [2.24, 2.45) is 0 Å². The van der Waals surface area contributed by atoms with Gasteiger partial charge in [0.05, 0.1) is 19.8 Å².